The molecule has 1 unspecified atom stereocenters. The van der Waals surface area contributed by atoms with E-state index in [1.54, 1.807) is 0 Å². The quantitative estimate of drug-likeness (QED) is 0.573. The first-order valence-corrected chi connectivity index (χ1v) is 6.72. The van der Waals surface area contributed by atoms with Crippen LogP contribution in [0.5, 0.6) is 0 Å². The van der Waals surface area contributed by atoms with E-state index in [1.807, 2.05) is 18.2 Å². The second kappa shape index (κ2) is 4.06. The Morgan fingerprint density at radius 1 is 1.37 bits per heavy atom. The molecule has 0 N–H and O–H groups in total. The van der Waals surface area contributed by atoms with Gasteiger partial charge in [-0.25, -0.2) is 0 Å². The van der Waals surface area contributed by atoms with Crippen LogP contribution in [-0.2, 0) is 0 Å². The minimum Gasteiger partial charge on any atom is -0.294 e. The zero-order valence-corrected chi connectivity index (χ0v) is 11.5. The molecule has 1 aromatic rings. The number of benzene rings is 1. The van der Waals surface area contributed by atoms with Gasteiger partial charge >= 0.3 is 0 Å². The van der Waals surface area contributed by atoms with Crippen LogP contribution in [0.2, 0.25) is 0 Å². The van der Waals surface area contributed by atoms with Gasteiger partial charge in [0.2, 0.25) is 0 Å². The fourth-order valence-electron chi connectivity index (χ4n) is 2.99. The summed E-state index contributed by atoms with van der Waals surface area (Å²) in [5.74, 6) is 0.803. The van der Waals surface area contributed by atoms with Crippen molar-refractivity contribution in [2.24, 2.45) is 11.8 Å². The predicted molar refractivity (Wildman–Crippen MR) is 80.0 cm³/mol. The normalized spacial score (nSPS) is 23.9. The van der Waals surface area contributed by atoms with Crippen LogP contribution >= 0.6 is 0 Å². The summed E-state index contributed by atoms with van der Waals surface area (Å²) in [6.45, 7) is 12.0. The molecule has 1 nitrogen and oxygen atoms in total. The SMILES string of the molecule is C=CC1C[C@@H]1C(=O)c1cc(C)c2c(c1)C=C(C)C2=C. The van der Waals surface area contributed by atoms with Crippen LogP contribution in [0.4, 0.5) is 0 Å². The van der Waals surface area contributed by atoms with Crippen LogP contribution in [0.15, 0.2) is 36.9 Å². The largest absolute Gasteiger partial charge is 0.294 e. The number of hydrogen-bond donors (Lipinski definition) is 0. The van der Waals surface area contributed by atoms with Crippen LogP contribution in [0.1, 0.15) is 40.4 Å². The molecule has 3 rings (SSSR count). The molecular formula is C18H18O. The van der Waals surface area contributed by atoms with Crippen molar-refractivity contribution in [3.63, 3.8) is 0 Å². The molecule has 0 heterocycles. The van der Waals surface area contributed by atoms with E-state index in [0.717, 1.165) is 28.7 Å². The van der Waals surface area contributed by atoms with Crippen molar-refractivity contribution in [3.05, 3.63) is 59.2 Å². The Labute approximate surface area is 114 Å². The first kappa shape index (κ1) is 12.2. The van der Waals surface area contributed by atoms with Crippen molar-refractivity contribution >= 4 is 17.4 Å². The molecular weight excluding hydrogens is 232 g/mol. The van der Waals surface area contributed by atoms with Gasteiger partial charge in [0.05, 0.1) is 0 Å². The summed E-state index contributed by atoms with van der Waals surface area (Å²) < 4.78 is 0. The molecule has 1 heteroatoms. The Bertz CT molecular complexity index is 646. The highest BCUT2D eigenvalue weighted by molar-refractivity contribution is 6.03. The van der Waals surface area contributed by atoms with Crippen LogP contribution < -0.4 is 0 Å². The Morgan fingerprint density at radius 2 is 2.11 bits per heavy atom. The van der Waals surface area contributed by atoms with Gasteiger partial charge in [-0.3, -0.25) is 4.79 Å². The van der Waals surface area contributed by atoms with E-state index in [1.165, 1.54) is 11.1 Å². The molecule has 2 atom stereocenters. The van der Waals surface area contributed by atoms with Gasteiger partial charge in [-0.15, -0.1) is 6.58 Å². The maximum absolute atomic E-state index is 12.4. The lowest BCUT2D eigenvalue weighted by atomic mass is 9.94. The van der Waals surface area contributed by atoms with Crippen molar-refractivity contribution < 1.29 is 4.79 Å². The highest BCUT2D eigenvalue weighted by Crippen LogP contribution is 2.43. The fourth-order valence-corrected chi connectivity index (χ4v) is 2.99. The third-order valence-electron chi connectivity index (χ3n) is 4.28. The summed E-state index contributed by atoms with van der Waals surface area (Å²) in [6, 6.07) is 4.03. The van der Waals surface area contributed by atoms with E-state index >= 15 is 0 Å². The highest BCUT2D eigenvalue weighted by atomic mass is 16.1. The molecule has 96 valence electrons. The Kier molecular flexibility index (Phi) is 2.60. The molecule has 0 amide bonds. The van der Waals surface area contributed by atoms with Crippen LogP contribution in [0.3, 0.4) is 0 Å². The van der Waals surface area contributed by atoms with Crippen LogP contribution in [0.25, 0.3) is 11.6 Å². The third-order valence-corrected chi connectivity index (χ3v) is 4.28. The van der Waals surface area contributed by atoms with E-state index < -0.39 is 0 Å². The zero-order chi connectivity index (χ0) is 13.7. The van der Waals surface area contributed by atoms with Crippen molar-refractivity contribution in [1.29, 1.82) is 0 Å². The number of Topliss-reactive ketones (excluding diaryl/α,β-unsaturated/α-hetero) is 1. The summed E-state index contributed by atoms with van der Waals surface area (Å²) in [6.07, 6.45) is 4.98. The van der Waals surface area contributed by atoms with Crippen molar-refractivity contribution in [1.82, 2.24) is 0 Å². The maximum atomic E-state index is 12.4. The number of rotatable bonds is 3. The number of hydrogen-bond acceptors (Lipinski definition) is 1. The molecule has 1 aromatic carbocycles. The lowest BCUT2D eigenvalue weighted by Gasteiger charge is -2.09. The van der Waals surface area contributed by atoms with Crippen molar-refractivity contribution in [2.75, 3.05) is 0 Å². The molecule has 0 spiro atoms. The second-order valence-electron chi connectivity index (χ2n) is 5.67. The average molecular weight is 250 g/mol. The molecule has 0 bridgehead atoms. The Hall–Kier alpha value is -1.89. The van der Waals surface area contributed by atoms with Gasteiger partial charge in [0.15, 0.2) is 5.78 Å². The van der Waals surface area contributed by atoms with Gasteiger partial charge in [0.1, 0.15) is 0 Å². The molecule has 2 aliphatic rings. The van der Waals surface area contributed by atoms with E-state index in [2.05, 4.69) is 33.1 Å². The monoisotopic (exact) mass is 250 g/mol. The minimum absolute atomic E-state index is 0.157. The highest BCUT2D eigenvalue weighted by Gasteiger charge is 2.41. The third kappa shape index (κ3) is 1.81. The van der Waals surface area contributed by atoms with Gasteiger partial charge in [-0.1, -0.05) is 18.7 Å². The number of aryl methyl sites for hydroxylation is 1. The topological polar surface area (TPSA) is 17.1 Å². The standard InChI is InChI=1S/C18H18O/c1-5-13-9-16(13)18(19)15-7-11(3)17-12(4)10(2)6-14(17)8-15/h5-8,13,16H,1,4,9H2,2-3H3/t13?,16-/m0/s1. The molecule has 1 saturated carbocycles. The first-order chi connectivity index (χ1) is 9.02. The molecule has 19 heavy (non-hydrogen) atoms. The van der Waals surface area contributed by atoms with Crippen LogP contribution in [-0.4, -0.2) is 5.78 Å². The molecule has 0 aromatic heterocycles. The van der Waals surface area contributed by atoms with Gasteiger partial charge in [-0.2, -0.15) is 0 Å². The minimum atomic E-state index is 0.157. The first-order valence-electron chi connectivity index (χ1n) is 6.72. The van der Waals surface area contributed by atoms with Crippen molar-refractivity contribution in [2.45, 2.75) is 20.3 Å². The second-order valence-corrected chi connectivity index (χ2v) is 5.67. The van der Waals surface area contributed by atoms with Gasteiger partial charge in [-0.05, 0) is 66.2 Å². The summed E-state index contributed by atoms with van der Waals surface area (Å²) in [5.41, 5.74) is 6.60. The van der Waals surface area contributed by atoms with Crippen LogP contribution in [0, 0.1) is 18.8 Å². The summed E-state index contributed by atoms with van der Waals surface area (Å²) >= 11 is 0. The van der Waals surface area contributed by atoms with E-state index in [-0.39, 0.29) is 11.7 Å². The van der Waals surface area contributed by atoms with E-state index in [9.17, 15) is 4.79 Å². The fraction of sp³-hybridized carbons (Fsp3) is 0.278. The Balaban J connectivity index is 2.00. The summed E-state index contributed by atoms with van der Waals surface area (Å²) in [5, 5.41) is 0. The molecule has 0 radical (unpaired) electrons. The van der Waals surface area contributed by atoms with Gasteiger partial charge in [0, 0.05) is 11.5 Å². The Morgan fingerprint density at radius 3 is 2.74 bits per heavy atom. The van der Waals surface area contributed by atoms with E-state index in [0.29, 0.717) is 5.92 Å². The number of carbonyl (C=O) groups is 1. The maximum Gasteiger partial charge on any atom is 0.166 e. The zero-order valence-electron chi connectivity index (χ0n) is 11.5. The van der Waals surface area contributed by atoms with Crippen molar-refractivity contribution in [3.8, 4) is 0 Å². The predicted octanol–water partition coefficient (Wildman–Crippen LogP) is 4.43. The molecule has 0 aliphatic heterocycles. The molecule has 2 aliphatic carbocycles. The lowest BCUT2D eigenvalue weighted by Crippen LogP contribution is -2.04. The van der Waals surface area contributed by atoms with Gasteiger partial charge < -0.3 is 0 Å². The van der Waals surface area contributed by atoms with E-state index in [4.69, 9.17) is 0 Å². The number of fused-ring (bicyclic) bond motifs is 1. The lowest BCUT2D eigenvalue weighted by molar-refractivity contribution is 0.0963. The number of carbonyl (C=O) groups excluding carboxylic acids is 1. The summed E-state index contributed by atoms with van der Waals surface area (Å²) in [7, 11) is 0. The number of ketones is 1. The summed E-state index contributed by atoms with van der Waals surface area (Å²) in [4.78, 5) is 12.4. The van der Waals surface area contributed by atoms with Gasteiger partial charge in [0.25, 0.3) is 0 Å². The molecule has 0 saturated heterocycles. The average Bonchev–Trinajstić information content (AvgIpc) is 3.10. The number of allylic oxidation sites excluding steroid dienone is 3. The smallest absolute Gasteiger partial charge is 0.166 e. The molecule has 1 fully saturated rings.